The van der Waals surface area contributed by atoms with Gasteiger partial charge >= 0.3 is 0 Å². The molecule has 1 fully saturated rings. The minimum Gasteiger partial charge on any atom is -0.344 e. The summed E-state index contributed by atoms with van der Waals surface area (Å²) >= 11 is 0. The number of sulfonamides is 1. The predicted octanol–water partition coefficient (Wildman–Crippen LogP) is 3.01. The first-order chi connectivity index (χ1) is 16.1. The van der Waals surface area contributed by atoms with Gasteiger partial charge in [0.2, 0.25) is 21.8 Å². The van der Waals surface area contributed by atoms with E-state index in [4.69, 9.17) is 4.52 Å². The van der Waals surface area contributed by atoms with Crippen molar-refractivity contribution in [2.24, 2.45) is 5.92 Å². The van der Waals surface area contributed by atoms with Gasteiger partial charge in [-0.15, -0.1) is 0 Å². The second kappa shape index (κ2) is 9.46. The molecule has 2 aromatic heterocycles. The van der Waals surface area contributed by atoms with Crippen LogP contribution in [0.5, 0.6) is 0 Å². The van der Waals surface area contributed by atoms with Crippen molar-refractivity contribution < 1.29 is 17.7 Å². The summed E-state index contributed by atoms with van der Waals surface area (Å²) in [4.78, 5) is 22.2. The molecule has 0 spiro atoms. The Kier molecular flexibility index (Phi) is 6.77. The van der Waals surface area contributed by atoms with Gasteiger partial charge in [0.05, 0.1) is 15.9 Å². The third-order valence-electron chi connectivity index (χ3n) is 6.12. The van der Waals surface area contributed by atoms with E-state index in [0.717, 1.165) is 30.0 Å². The van der Waals surface area contributed by atoms with E-state index in [1.807, 2.05) is 25.3 Å². The Morgan fingerprint density at radius 1 is 1.26 bits per heavy atom. The summed E-state index contributed by atoms with van der Waals surface area (Å²) < 4.78 is 33.6. The van der Waals surface area contributed by atoms with Gasteiger partial charge in [0.1, 0.15) is 11.9 Å². The van der Waals surface area contributed by atoms with Crippen molar-refractivity contribution in [1.29, 1.82) is 0 Å². The van der Waals surface area contributed by atoms with Crippen LogP contribution < -0.4 is 5.32 Å². The van der Waals surface area contributed by atoms with E-state index >= 15 is 0 Å². The van der Waals surface area contributed by atoms with E-state index in [0.29, 0.717) is 30.3 Å². The molecule has 2 heterocycles. The van der Waals surface area contributed by atoms with E-state index in [-0.39, 0.29) is 29.2 Å². The van der Waals surface area contributed by atoms with Gasteiger partial charge in [-0.05, 0) is 43.9 Å². The fourth-order valence-electron chi connectivity index (χ4n) is 3.94. The van der Waals surface area contributed by atoms with Gasteiger partial charge < -0.3 is 14.4 Å². The Morgan fingerprint density at radius 3 is 2.62 bits per heavy atom. The number of imidazole rings is 1. The predicted molar refractivity (Wildman–Crippen MR) is 127 cm³/mol. The number of aryl methyl sites for hydroxylation is 2. The van der Waals surface area contributed by atoms with Gasteiger partial charge in [-0.25, -0.2) is 17.7 Å². The Labute approximate surface area is 199 Å². The molecule has 1 aliphatic carbocycles. The number of aromatic nitrogens is 4. The van der Waals surface area contributed by atoms with Gasteiger partial charge in [-0.3, -0.25) is 4.79 Å². The van der Waals surface area contributed by atoms with E-state index in [1.165, 1.54) is 18.4 Å². The lowest BCUT2D eigenvalue weighted by molar-refractivity contribution is -0.122. The van der Waals surface area contributed by atoms with Crippen molar-refractivity contribution in [3.05, 3.63) is 35.7 Å². The zero-order valence-electron chi connectivity index (χ0n) is 20.3. The SMILES string of the molecule is CCn1c(CCC(=O)NC(c2nc(C3CC3)no2)C(C)C)nc2cc(S(=O)(=O)N(C)C)ccc21. The summed E-state index contributed by atoms with van der Waals surface area (Å²) in [5.74, 6) is 2.25. The summed E-state index contributed by atoms with van der Waals surface area (Å²) in [7, 11) is -0.553. The molecular formula is C23H32N6O4S. The summed E-state index contributed by atoms with van der Waals surface area (Å²) in [5, 5.41) is 7.10. The molecule has 34 heavy (non-hydrogen) atoms. The van der Waals surface area contributed by atoms with Gasteiger partial charge in [-0.1, -0.05) is 19.0 Å². The Hall–Kier alpha value is -2.79. The molecule has 184 valence electrons. The molecule has 10 nitrogen and oxygen atoms in total. The van der Waals surface area contributed by atoms with Crippen LogP contribution in [-0.2, 0) is 27.8 Å². The first-order valence-electron chi connectivity index (χ1n) is 11.7. The van der Waals surface area contributed by atoms with Gasteiger partial charge in [0.15, 0.2) is 5.82 Å². The fraction of sp³-hybridized carbons (Fsp3) is 0.565. The Balaban J connectivity index is 1.48. The summed E-state index contributed by atoms with van der Waals surface area (Å²) in [6.07, 6.45) is 2.82. The number of fused-ring (bicyclic) bond motifs is 1. The highest BCUT2D eigenvalue weighted by molar-refractivity contribution is 7.89. The third-order valence-corrected chi connectivity index (χ3v) is 7.93. The number of benzene rings is 1. The quantitative estimate of drug-likeness (QED) is 0.465. The molecule has 1 aliphatic rings. The average molecular weight is 489 g/mol. The van der Waals surface area contributed by atoms with Crippen molar-refractivity contribution in [3.63, 3.8) is 0 Å². The number of hydrogen-bond donors (Lipinski definition) is 1. The van der Waals surface area contributed by atoms with Crippen LogP contribution in [0.15, 0.2) is 27.6 Å². The van der Waals surface area contributed by atoms with E-state index < -0.39 is 10.0 Å². The van der Waals surface area contributed by atoms with Crippen LogP contribution >= 0.6 is 0 Å². The van der Waals surface area contributed by atoms with E-state index in [1.54, 1.807) is 18.2 Å². The number of carbonyl (C=O) groups excluding carboxylic acids is 1. The molecule has 3 aromatic rings. The largest absolute Gasteiger partial charge is 0.344 e. The van der Waals surface area contributed by atoms with Crippen molar-refractivity contribution in [3.8, 4) is 0 Å². The Bertz CT molecular complexity index is 1290. The third kappa shape index (κ3) is 4.85. The monoisotopic (exact) mass is 488 g/mol. The molecule has 1 unspecified atom stereocenters. The van der Waals surface area contributed by atoms with Crippen LogP contribution in [0.25, 0.3) is 11.0 Å². The average Bonchev–Trinajstić information content (AvgIpc) is 3.41. The molecule has 1 amide bonds. The molecule has 1 atom stereocenters. The molecule has 4 rings (SSSR count). The number of nitrogens with one attached hydrogen (secondary N) is 1. The minimum atomic E-state index is -3.55. The molecular weight excluding hydrogens is 456 g/mol. The summed E-state index contributed by atoms with van der Waals surface area (Å²) in [6, 6.07) is 4.60. The molecule has 11 heteroatoms. The van der Waals surface area contributed by atoms with Gasteiger partial charge in [0.25, 0.3) is 0 Å². The minimum absolute atomic E-state index is 0.0914. The van der Waals surface area contributed by atoms with Crippen LogP contribution in [0.2, 0.25) is 0 Å². The van der Waals surface area contributed by atoms with Crippen LogP contribution in [0.1, 0.15) is 69.5 Å². The summed E-state index contributed by atoms with van der Waals surface area (Å²) in [6.45, 7) is 6.66. The number of carbonyl (C=O) groups is 1. The molecule has 0 aliphatic heterocycles. The van der Waals surface area contributed by atoms with Crippen molar-refractivity contribution in [1.82, 2.24) is 29.3 Å². The van der Waals surface area contributed by atoms with Crippen molar-refractivity contribution >= 4 is 27.0 Å². The van der Waals surface area contributed by atoms with Crippen LogP contribution in [0, 0.1) is 5.92 Å². The number of hydrogen-bond acceptors (Lipinski definition) is 7. The summed E-state index contributed by atoms with van der Waals surface area (Å²) in [5.41, 5.74) is 1.44. The van der Waals surface area contributed by atoms with Gasteiger partial charge in [-0.2, -0.15) is 4.98 Å². The van der Waals surface area contributed by atoms with Crippen LogP contribution in [-0.4, -0.2) is 52.4 Å². The highest BCUT2D eigenvalue weighted by Crippen LogP contribution is 2.38. The molecule has 0 saturated heterocycles. The van der Waals surface area contributed by atoms with E-state index in [2.05, 4.69) is 20.4 Å². The molecule has 1 aromatic carbocycles. The maximum absolute atomic E-state index is 12.8. The highest BCUT2D eigenvalue weighted by atomic mass is 32.2. The second-order valence-electron chi connectivity index (χ2n) is 9.26. The molecule has 0 bridgehead atoms. The van der Waals surface area contributed by atoms with Crippen molar-refractivity contribution in [2.45, 2.75) is 69.9 Å². The van der Waals surface area contributed by atoms with Gasteiger partial charge in [0, 0.05) is 39.4 Å². The smallest absolute Gasteiger partial charge is 0.249 e. The number of nitrogens with zero attached hydrogens (tertiary/aromatic N) is 5. The fourth-order valence-corrected chi connectivity index (χ4v) is 4.86. The van der Waals surface area contributed by atoms with Crippen LogP contribution in [0.4, 0.5) is 0 Å². The lowest BCUT2D eigenvalue weighted by Crippen LogP contribution is -2.32. The normalized spacial score (nSPS) is 15.4. The highest BCUT2D eigenvalue weighted by Gasteiger charge is 2.31. The first-order valence-corrected chi connectivity index (χ1v) is 13.1. The maximum atomic E-state index is 12.8. The zero-order valence-corrected chi connectivity index (χ0v) is 21.1. The van der Waals surface area contributed by atoms with Crippen LogP contribution in [0.3, 0.4) is 0 Å². The molecule has 1 saturated carbocycles. The zero-order chi connectivity index (χ0) is 24.6. The second-order valence-corrected chi connectivity index (χ2v) is 11.4. The first kappa shape index (κ1) is 24.3. The molecule has 0 radical (unpaired) electrons. The maximum Gasteiger partial charge on any atom is 0.249 e. The topological polar surface area (TPSA) is 123 Å². The molecule has 1 N–H and O–H groups in total. The number of rotatable bonds is 10. The van der Waals surface area contributed by atoms with Crippen molar-refractivity contribution in [2.75, 3.05) is 14.1 Å². The lowest BCUT2D eigenvalue weighted by atomic mass is 10.0. The lowest BCUT2D eigenvalue weighted by Gasteiger charge is -2.18. The number of amides is 1. The van der Waals surface area contributed by atoms with E-state index in [9.17, 15) is 13.2 Å². The standard InChI is InChI=1S/C23H32N6O4S/c1-6-29-18-10-9-16(34(31,32)28(4)5)13-17(18)24-19(29)11-12-20(30)25-21(14(2)3)23-26-22(27-33-23)15-7-8-15/h9-10,13-15,21H,6-8,11-12H2,1-5H3,(H,25,30). The Morgan fingerprint density at radius 2 is 2.00 bits per heavy atom.